The lowest BCUT2D eigenvalue weighted by Crippen LogP contribution is -2.30. The van der Waals surface area contributed by atoms with E-state index in [2.05, 4.69) is 17.4 Å². The SMILES string of the molecule is Cc1ccccc1O[C@H](C)C(=O)Nc1ccc(OCCc2ccccc2)cc1. The highest BCUT2D eigenvalue weighted by molar-refractivity contribution is 5.94. The molecule has 0 fully saturated rings. The second kappa shape index (κ2) is 9.60. The standard InChI is InChI=1S/C24H25NO3/c1-18-8-6-7-11-23(18)28-19(2)24(26)25-21-12-14-22(15-13-21)27-17-16-20-9-4-3-5-10-20/h3-15,19H,16-17H2,1-2H3,(H,25,26)/t19-/m1/s1. The average Bonchev–Trinajstić information content (AvgIpc) is 2.72. The van der Waals surface area contributed by atoms with Gasteiger partial charge in [0.1, 0.15) is 11.5 Å². The van der Waals surface area contributed by atoms with Gasteiger partial charge in [0.05, 0.1) is 6.61 Å². The Morgan fingerprint density at radius 2 is 1.61 bits per heavy atom. The van der Waals surface area contributed by atoms with Crippen LogP contribution in [-0.4, -0.2) is 18.6 Å². The van der Waals surface area contributed by atoms with Crippen LogP contribution in [0.5, 0.6) is 11.5 Å². The van der Waals surface area contributed by atoms with E-state index in [0.717, 1.165) is 17.7 Å². The minimum atomic E-state index is -0.595. The van der Waals surface area contributed by atoms with Crippen molar-refractivity contribution in [2.75, 3.05) is 11.9 Å². The number of para-hydroxylation sites is 1. The minimum absolute atomic E-state index is 0.194. The van der Waals surface area contributed by atoms with Gasteiger partial charge < -0.3 is 14.8 Å². The van der Waals surface area contributed by atoms with Gasteiger partial charge in [-0.3, -0.25) is 4.79 Å². The van der Waals surface area contributed by atoms with Crippen LogP contribution in [0.15, 0.2) is 78.9 Å². The van der Waals surface area contributed by atoms with E-state index in [4.69, 9.17) is 9.47 Å². The molecule has 0 spiro atoms. The number of carbonyl (C=O) groups is 1. The first-order valence-corrected chi connectivity index (χ1v) is 9.42. The highest BCUT2D eigenvalue weighted by Crippen LogP contribution is 2.19. The van der Waals surface area contributed by atoms with Gasteiger partial charge in [-0.2, -0.15) is 0 Å². The number of nitrogens with one attached hydrogen (secondary N) is 1. The number of hydrogen-bond donors (Lipinski definition) is 1. The maximum atomic E-state index is 12.4. The van der Waals surface area contributed by atoms with Crippen LogP contribution in [0.3, 0.4) is 0 Å². The molecule has 0 radical (unpaired) electrons. The molecule has 3 aromatic rings. The van der Waals surface area contributed by atoms with Crippen molar-refractivity contribution in [3.8, 4) is 11.5 Å². The maximum Gasteiger partial charge on any atom is 0.265 e. The molecule has 1 amide bonds. The molecule has 0 unspecified atom stereocenters. The smallest absolute Gasteiger partial charge is 0.265 e. The van der Waals surface area contributed by atoms with Gasteiger partial charge in [0.2, 0.25) is 0 Å². The topological polar surface area (TPSA) is 47.6 Å². The predicted molar refractivity (Wildman–Crippen MR) is 112 cm³/mol. The number of carbonyl (C=O) groups excluding carboxylic acids is 1. The van der Waals surface area contributed by atoms with Gasteiger partial charge in [0.25, 0.3) is 5.91 Å². The first kappa shape index (κ1) is 19.5. The Balaban J connectivity index is 1.48. The second-order valence-electron chi connectivity index (χ2n) is 6.62. The average molecular weight is 375 g/mol. The quantitative estimate of drug-likeness (QED) is 0.601. The van der Waals surface area contributed by atoms with Crippen molar-refractivity contribution >= 4 is 11.6 Å². The fraction of sp³-hybridized carbons (Fsp3) is 0.208. The normalized spacial score (nSPS) is 11.5. The third kappa shape index (κ3) is 5.61. The molecule has 28 heavy (non-hydrogen) atoms. The first-order chi connectivity index (χ1) is 13.6. The summed E-state index contributed by atoms with van der Waals surface area (Å²) in [5.74, 6) is 1.30. The summed E-state index contributed by atoms with van der Waals surface area (Å²) in [4.78, 5) is 12.4. The fourth-order valence-electron chi connectivity index (χ4n) is 2.74. The number of rotatable bonds is 8. The van der Waals surface area contributed by atoms with Crippen LogP contribution in [0.2, 0.25) is 0 Å². The van der Waals surface area contributed by atoms with Crippen LogP contribution in [-0.2, 0) is 11.2 Å². The summed E-state index contributed by atoms with van der Waals surface area (Å²) in [5.41, 5.74) is 2.95. The Morgan fingerprint density at radius 3 is 2.32 bits per heavy atom. The first-order valence-electron chi connectivity index (χ1n) is 9.42. The molecule has 0 saturated carbocycles. The molecule has 0 aromatic heterocycles. The highest BCUT2D eigenvalue weighted by Gasteiger charge is 2.15. The van der Waals surface area contributed by atoms with Crippen molar-refractivity contribution in [1.29, 1.82) is 0 Å². The largest absolute Gasteiger partial charge is 0.493 e. The number of anilines is 1. The van der Waals surface area contributed by atoms with Gasteiger partial charge in [-0.1, -0.05) is 48.5 Å². The van der Waals surface area contributed by atoms with E-state index >= 15 is 0 Å². The molecule has 144 valence electrons. The summed E-state index contributed by atoms with van der Waals surface area (Å²) in [6, 6.07) is 25.2. The molecule has 0 aliphatic heterocycles. The lowest BCUT2D eigenvalue weighted by atomic mass is 10.2. The van der Waals surface area contributed by atoms with Crippen molar-refractivity contribution in [3.05, 3.63) is 90.0 Å². The number of amides is 1. The summed E-state index contributed by atoms with van der Waals surface area (Å²) in [6.07, 6.45) is 0.260. The molecule has 3 rings (SSSR count). The molecular formula is C24H25NO3. The van der Waals surface area contributed by atoms with Gasteiger partial charge in [-0.15, -0.1) is 0 Å². The summed E-state index contributed by atoms with van der Waals surface area (Å²) < 4.78 is 11.5. The van der Waals surface area contributed by atoms with Gasteiger partial charge in [0, 0.05) is 12.1 Å². The maximum absolute atomic E-state index is 12.4. The lowest BCUT2D eigenvalue weighted by Gasteiger charge is -2.16. The molecule has 0 bridgehead atoms. The fourth-order valence-corrected chi connectivity index (χ4v) is 2.74. The number of hydrogen-bond acceptors (Lipinski definition) is 3. The van der Waals surface area contributed by atoms with Gasteiger partial charge in [0.15, 0.2) is 6.10 Å². The third-order valence-electron chi connectivity index (χ3n) is 4.39. The second-order valence-corrected chi connectivity index (χ2v) is 6.62. The van der Waals surface area contributed by atoms with Gasteiger partial charge in [-0.05, 0) is 55.3 Å². The molecule has 4 heteroatoms. The van der Waals surface area contributed by atoms with Crippen LogP contribution in [0, 0.1) is 6.92 Å². The molecule has 4 nitrogen and oxygen atoms in total. The van der Waals surface area contributed by atoms with E-state index in [1.54, 1.807) is 6.92 Å². The molecule has 0 heterocycles. The van der Waals surface area contributed by atoms with Crippen LogP contribution in [0.25, 0.3) is 0 Å². The van der Waals surface area contributed by atoms with Crippen molar-refractivity contribution < 1.29 is 14.3 Å². The number of aryl methyl sites for hydroxylation is 1. The van der Waals surface area contributed by atoms with Gasteiger partial charge in [-0.25, -0.2) is 0 Å². The summed E-state index contributed by atoms with van der Waals surface area (Å²) in [6.45, 7) is 4.30. The molecule has 0 saturated heterocycles. The Morgan fingerprint density at radius 1 is 0.929 bits per heavy atom. The Hall–Kier alpha value is -3.27. The Labute approximate surface area is 166 Å². The van der Waals surface area contributed by atoms with Crippen molar-refractivity contribution in [2.24, 2.45) is 0 Å². The minimum Gasteiger partial charge on any atom is -0.493 e. The number of benzene rings is 3. The molecule has 0 aliphatic carbocycles. The van der Waals surface area contributed by atoms with Crippen LogP contribution in [0.1, 0.15) is 18.1 Å². The van der Waals surface area contributed by atoms with E-state index in [1.165, 1.54) is 5.56 Å². The highest BCUT2D eigenvalue weighted by atomic mass is 16.5. The number of ether oxygens (including phenoxy) is 2. The van der Waals surface area contributed by atoms with E-state index in [1.807, 2.05) is 73.7 Å². The van der Waals surface area contributed by atoms with Crippen molar-refractivity contribution in [1.82, 2.24) is 0 Å². The van der Waals surface area contributed by atoms with Crippen LogP contribution in [0.4, 0.5) is 5.69 Å². The van der Waals surface area contributed by atoms with Crippen molar-refractivity contribution in [2.45, 2.75) is 26.4 Å². The van der Waals surface area contributed by atoms with Crippen LogP contribution < -0.4 is 14.8 Å². The van der Waals surface area contributed by atoms with Gasteiger partial charge >= 0.3 is 0 Å². The Kier molecular flexibility index (Phi) is 6.68. The van der Waals surface area contributed by atoms with E-state index in [0.29, 0.717) is 18.0 Å². The Bertz CT molecular complexity index is 891. The zero-order valence-electron chi connectivity index (χ0n) is 16.2. The summed E-state index contributed by atoms with van der Waals surface area (Å²) in [5, 5.41) is 2.87. The molecule has 1 atom stereocenters. The lowest BCUT2D eigenvalue weighted by molar-refractivity contribution is -0.122. The van der Waals surface area contributed by atoms with E-state index in [-0.39, 0.29) is 5.91 Å². The molecule has 0 aliphatic rings. The van der Waals surface area contributed by atoms with E-state index in [9.17, 15) is 4.79 Å². The molecule has 3 aromatic carbocycles. The molecular weight excluding hydrogens is 350 g/mol. The van der Waals surface area contributed by atoms with Crippen molar-refractivity contribution in [3.63, 3.8) is 0 Å². The third-order valence-corrected chi connectivity index (χ3v) is 4.39. The zero-order chi connectivity index (χ0) is 19.8. The summed E-state index contributed by atoms with van der Waals surface area (Å²) >= 11 is 0. The summed E-state index contributed by atoms with van der Waals surface area (Å²) in [7, 11) is 0. The molecule has 1 N–H and O–H groups in total. The van der Waals surface area contributed by atoms with Crippen LogP contribution >= 0.6 is 0 Å². The monoisotopic (exact) mass is 375 g/mol. The zero-order valence-corrected chi connectivity index (χ0v) is 16.2. The van der Waals surface area contributed by atoms with E-state index < -0.39 is 6.10 Å². The predicted octanol–water partition coefficient (Wildman–Crippen LogP) is 5.02.